The van der Waals surface area contributed by atoms with Gasteiger partial charge in [0.25, 0.3) is 5.91 Å². The van der Waals surface area contributed by atoms with Crippen molar-refractivity contribution in [3.8, 4) is 0 Å². The number of aromatic nitrogens is 2. The second-order valence-electron chi connectivity index (χ2n) is 4.54. The Labute approximate surface area is 127 Å². The minimum Gasteiger partial charge on any atom is -0.321 e. The summed E-state index contributed by atoms with van der Waals surface area (Å²) in [5.74, 6) is 0.326. The molecule has 2 aromatic rings. The zero-order valence-electron chi connectivity index (χ0n) is 11.0. The monoisotopic (exact) mass is 309 g/mol. The van der Waals surface area contributed by atoms with E-state index in [-0.39, 0.29) is 22.5 Å². The van der Waals surface area contributed by atoms with E-state index in [1.807, 2.05) is 13.8 Å². The second-order valence-corrected chi connectivity index (χ2v) is 5.38. The molecular formula is C14H13Cl2N3O. The lowest BCUT2D eigenvalue weighted by molar-refractivity contribution is 0.102. The molecule has 1 aromatic heterocycles. The summed E-state index contributed by atoms with van der Waals surface area (Å²) in [5, 5.41) is 3.55. The van der Waals surface area contributed by atoms with E-state index in [2.05, 4.69) is 15.3 Å². The molecule has 0 atom stereocenters. The van der Waals surface area contributed by atoms with Crippen LogP contribution < -0.4 is 5.32 Å². The summed E-state index contributed by atoms with van der Waals surface area (Å²) in [5.41, 5.74) is 0.792. The molecule has 0 aliphatic rings. The Morgan fingerprint density at radius 1 is 1.20 bits per heavy atom. The molecule has 0 fully saturated rings. The zero-order valence-corrected chi connectivity index (χ0v) is 12.5. The molecule has 20 heavy (non-hydrogen) atoms. The smallest absolute Gasteiger partial charge is 0.275 e. The fraction of sp³-hybridized carbons (Fsp3) is 0.214. The third-order valence-electron chi connectivity index (χ3n) is 2.60. The van der Waals surface area contributed by atoms with Gasteiger partial charge in [0.1, 0.15) is 5.82 Å². The average molecular weight is 310 g/mol. The summed E-state index contributed by atoms with van der Waals surface area (Å²) in [6.45, 7) is 3.90. The van der Waals surface area contributed by atoms with Crippen molar-refractivity contribution >= 4 is 34.8 Å². The molecule has 2 rings (SSSR count). The predicted octanol–water partition coefficient (Wildman–Crippen LogP) is 4.16. The van der Waals surface area contributed by atoms with E-state index in [1.165, 1.54) is 6.20 Å². The lowest BCUT2D eigenvalue weighted by atomic mass is 10.2. The van der Waals surface area contributed by atoms with E-state index in [4.69, 9.17) is 23.2 Å². The Kier molecular flexibility index (Phi) is 4.57. The molecule has 1 heterocycles. The number of carbonyl (C=O) groups excluding carboxylic acids is 1. The molecule has 4 nitrogen and oxygen atoms in total. The highest BCUT2D eigenvalue weighted by Crippen LogP contribution is 2.19. The number of nitrogens with zero attached hydrogens (tertiary/aromatic N) is 2. The fourth-order valence-electron chi connectivity index (χ4n) is 1.54. The normalized spacial score (nSPS) is 10.7. The molecule has 1 amide bonds. The van der Waals surface area contributed by atoms with Gasteiger partial charge in [-0.05, 0) is 24.3 Å². The molecule has 0 bridgehead atoms. The zero-order chi connectivity index (χ0) is 14.7. The van der Waals surface area contributed by atoms with Crippen LogP contribution in [0.15, 0.2) is 30.5 Å². The predicted molar refractivity (Wildman–Crippen MR) is 80.5 cm³/mol. The average Bonchev–Trinajstić information content (AvgIpc) is 2.41. The first-order chi connectivity index (χ1) is 9.47. The van der Waals surface area contributed by atoms with E-state index in [0.717, 1.165) is 0 Å². The van der Waals surface area contributed by atoms with Gasteiger partial charge in [-0.25, -0.2) is 9.97 Å². The van der Waals surface area contributed by atoms with Crippen LogP contribution in [0.2, 0.25) is 10.0 Å². The fourth-order valence-corrected chi connectivity index (χ4v) is 1.84. The van der Waals surface area contributed by atoms with Crippen molar-refractivity contribution in [1.29, 1.82) is 0 Å². The van der Waals surface area contributed by atoms with Crippen LogP contribution in [0.5, 0.6) is 0 Å². The summed E-state index contributed by atoms with van der Waals surface area (Å²) in [7, 11) is 0. The highest BCUT2D eigenvalue weighted by molar-refractivity contribution is 6.34. The molecule has 0 radical (unpaired) electrons. The summed E-state index contributed by atoms with van der Waals surface area (Å²) in [4.78, 5) is 20.5. The topological polar surface area (TPSA) is 54.9 Å². The molecule has 0 saturated heterocycles. The van der Waals surface area contributed by atoms with Gasteiger partial charge >= 0.3 is 0 Å². The van der Waals surface area contributed by atoms with E-state index in [1.54, 1.807) is 24.3 Å². The maximum Gasteiger partial charge on any atom is 0.275 e. The molecule has 6 heteroatoms. The Bertz CT molecular complexity index is 627. The van der Waals surface area contributed by atoms with Gasteiger partial charge in [0, 0.05) is 16.6 Å². The number of amides is 1. The highest BCUT2D eigenvalue weighted by Gasteiger charge is 2.15. The van der Waals surface area contributed by atoms with Crippen molar-refractivity contribution in [1.82, 2.24) is 9.97 Å². The van der Waals surface area contributed by atoms with E-state index in [9.17, 15) is 4.79 Å². The van der Waals surface area contributed by atoms with Gasteiger partial charge in [-0.3, -0.25) is 4.79 Å². The van der Waals surface area contributed by atoms with Crippen molar-refractivity contribution in [3.05, 3.63) is 52.0 Å². The van der Waals surface area contributed by atoms with Crippen LogP contribution in [-0.2, 0) is 0 Å². The summed E-state index contributed by atoms with van der Waals surface area (Å²) < 4.78 is 0. The number of rotatable bonds is 3. The van der Waals surface area contributed by atoms with Crippen molar-refractivity contribution < 1.29 is 4.79 Å². The van der Waals surface area contributed by atoms with Crippen LogP contribution in [0, 0.1) is 0 Å². The first-order valence-corrected chi connectivity index (χ1v) is 6.82. The van der Waals surface area contributed by atoms with Crippen molar-refractivity contribution in [3.63, 3.8) is 0 Å². The second kappa shape index (κ2) is 6.20. The van der Waals surface area contributed by atoms with Gasteiger partial charge in [-0.15, -0.1) is 0 Å². The van der Waals surface area contributed by atoms with E-state index in [0.29, 0.717) is 16.5 Å². The lowest BCUT2D eigenvalue weighted by Gasteiger charge is -2.09. The molecule has 1 N–H and O–H groups in total. The Morgan fingerprint density at radius 2 is 1.85 bits per heavy atom. The van der Waals surface area contributed by atoms with Crippen LogP contribution in [0.25, 0.3) is 0 Å². The van der Waals surface area contributed by atoms with Gasteiger partial charge in [0.05, 0.1) is 11.2 Å². The molecule has 0 saturated carbocycles. The van der Waals surface area contributed by atoms with Crippen molar-refractivity contribution in [2.24, 2.45) is 0 Å². The number of nitrogens with one attached hydrogen (secondary N) is 1. The van der Waals surface area contributed by atoms with Gasteiger partial charge in [-0.1, -0.05) is 37.0 Å². The minimum absolute atomic E-state index is 0.120. The quantitative estimate of drug-likeness (QED) is 0.926. The molecular weight excluding hydrogens is 297 g/mol. The molecule has 0 unspecified atom stereocenters. The van der Waals surface area contributed by atoms with Gasteiger partial charge < -0.3 is 5.32 Å². The maximum absolute atomic E-state index is 12.2. The Hall–Kier alpha value is -1.65. The number of anilines is 1. The van der Waals surface area contributed by atoms with Crippen molar-refractivity contribution in [2.75, 3.05) is 5.32 Å². The third kappa shape index (κ3) is 3.46. The van der Waals surface area contributed by atoms with Gasteiger partial charge in [-0.2, -0.15) is 0 Å². The first-order valence-electron chi connectivity index (χ1n) is 6.06. The summed E-state index contributed by atoms with van der Waals surface area (Å²) >= 11 is 11.8. The third-order valence-corrected chi connectivity index (χ3v) is 3.12. The maximum atomic E-state index is 12.2. The summed E-state index contributed by atoms with van der Waals surface area (Å²) in [6, 6.07) is 6.80. The summed E-state index contributed by atoms with van der Waals surface area (Å²) in [6.07, 6.45) is 1.45. The Balaban J connectivity index is 2.24. The van der Waals surface area contributed by atoms with Crippen LogP contribution in [0.4, 0.5) is 5.69 Å². The SMILES string of the molecule is CC(C)c1ncc(Cl)c(C(=O)Nc2ccc(Cl)cc2)n1. The molecule has 104 valence electrons. The lowest BCUT2D eigenvalue weighted by Crippen LogP contribution is -2.16. The van der Waals surface area contributed by atoms with Crippen LogP contribution in [0.3, 0.4) is 0 Å². The largest absolute Gasteiger partial charge is 0.321 e. The minimum atomic E-state index is -0.373. The van der Waals surface area contributed by atoms with Crippen molar-refractivity contribution in [2.45, 2.75) is 19.8 Å². The van der Waals surface area contributed by atoms with Crippen LogP contribution >= 0.6 is 23.2 Å². The van der Waals surface area contributed by atoms with Crippen LogP contribution in [-0.4, -0.2) is 15.9 Å². The van der Waals surface area contributed by atoms with Gasteiger partial charge in [0.15, 0.2) is 5.69 Å². The molecule has 0 aliphatic heterocycles. The standard InChI is InChI=1S/C14H13Cl2N3O/c1-8(2)13-17-7-11(16)12(19-13)14(20)18-10-5-3-9(15)4-6-10/h3-8H,1-2H3,(H,18,20). The molecule has 1 aromatic carbocycles. The first kappa shape index (κ1) is 14.8. The number of carbonyl (C=O) groups is 1. The van der Waals surface area contributed by atoms with E-state index >= 15 is 0 Å². The molecule has 0 spiro atoms. The molecule has 0 aliphatic carbocycles. The Morgan fingerprint density at radius 3 is 2.45 bits per heavy atom. The van der Waals surface area contributed by atoms with Crippen LogP contribution in [0.1, 0.15) is 36.1 Å². The number of halogens is 2. The van der Waals surface area contributed by atoms with Gasteiger partial charge in [0.2, 0.25) is 0 Å². The number of benzene rings is 1. The number of hydrogen-bond acceptors (Lipinski definition) is 3. The number of hydrogen-bond donors (Lipinski definition) is 1. The highest BCUT2D eigenvalue weighted by atomic mass is 35.5. The van der Waals surface area contributed by atoms with E-state index < -0.39 is 0 Å².